The van der Waals surface area contributed by atoms with E-state index in [9.17, 15) is 18.4 Å². The largest absolute Gasteiger partial charge is 0.355 e. The van der Waals surface area contributed by atoms with E-state index in [0.29, 0.717) is 5.92 Å². The molecule has 0 atom stereocenters. The lowest BCUT2D eigenvalue weighted by Gasteiger charge is -2.21. The number of amides is 2. The van der Waals surface area contributed by atoms with Crippen LogP contribution < -0.4 is 5.32 Å². The topological polar surface area (TPSA) is 49.4 Å². The zero-order valence-corrected chi connectivity index (χ0v) is 16.3. The molecule has 1 saturated carbocycles. The lowest BCUT2D eigenvalue weighted by Crippen LogP contribution is -2.30. The van der Waals surface area contributed by atoms with Gasteiger partial charge in [-0.2, -0.15) is 0 Å². The van der Waals surface area contributed by atoms with Gasteiger partial charge in [0, 0.05) is 30.8 Å². The maximum absolute atomic E-state index is 13.0. The van der Waals surface area contributed by atoms with Gasteiger partial charge in [0.15, 0.2) is 0 Å². The zero-order valence-electron chi connectivity index (χ0n) is 14.7. The monoisotopic (exact) mass is 408 g/mol. The van der Waals surface area contributed by atoms with Crippen LogP contribution in [0, 0.1) is 17.6 Å². The smallest absolute Gasteiger partial charge is 0.234 e. The van der Waals surface area contributed by atoms with Gasteiger partial charge in [-0.1, -0.05) is 25.3 Å². The number of alkyl halides is 1. The van der Waals surface area contributed by atoms with Gasteiger partial charge in [-0.05, 0) is 30.9 Å². The standard InChI is InChI=1S/C9H8ClF2NO.C9H16ClNO/c1-6(14)13(10)5-7-8(11)3-2-4-9(7)12;10-6-9(12)11-7-8-4-2-1-3-5-8/h2-4H,5H2,1H3;8H,1-7H2,(H,11,12). The summed E-state index contributed by atoms with van der Waals surface area (Å²) in [7, 11) is 0. The van der Waals surface area contributed by atoms with E-state index in [0.717, 1.165) is 23.1 Å². The van der Waals surface area contributed by atoms with Crippen LogP contribution in [0.25, 0.3) is 0 Å². The molecule has 26 heavy (non-hydrogen) atoms. The SMILES string of the molecule is CC(=O)N(Cl)Cc1c(F)cccc1F.O=C(CCl)NCC1CCCCC1. The third-order valence-corrected chi connectivity index (χ3v) is 4.73. The number of carbonyl (C=O) groups is 2. The van der Waals surface area contributed by atoms with Crippen molar-refractivity contribution in [2.75, 3.05) is 12.4 Å². The van der Waals surface area contributed by atoms with Gasteiger partial charge in [0.25, 0.3) is 0 Å². The number of rotatable bonds is 5. The molecule has 0 aliphatic heterocycles. The molecular formula is C18H24Cl2F2N2O2. The van der Waals surface area contributed by atoms with Gasteiger partial charge in [-0.15, -0.1) is 11.6 Å². The Morgan fingerprint density at radius 2 is 1.77 bits per heavy atom. The fourth-order valence-electron chi connectivity index (χ4n) is 2.63. The van der Waals surface area contributed by atoms with Crippen LogP contribution in [-0.2, 0) is 16.1 Å². The van der Waals surface area contributed by atoms with Crippen molar-refractivity contribution in [2.45, 2.75) is 45.6 Å². The fraction of sp³-hybridized carbons (Fsp3) is 0.556. The van der Waals surface area contributed by atoms with Crippen LogP contribution in [0.4, 0.5) is 8.78 Å². The van der Waals surface area contributed by atoms with E-state index in [1.807, 2.05) is 0 Å². The minimum atomic E-state index is -0.711. The van der Waals surface area contributed by atoms with Crippen molar-refractivity contribution in [1.82, 2.24) is 9.74 Å². The molecule has 2 rings (SSSR count). The van der Waals surface area contributed by atoms with Gasteiger partial charge in [0.05, 0.1) is 6.54 Å². The van der Waals surface area contributed by atoms with Crippen molar-refractivity contribution in [3.63, 3.8) is 0 Å². The molecule has 2 amide bonds. The van der Waals surface area contributed by atoms with Crippen LogP contribution in [-0.4, -0.2) is 28.7 Å². The van der Waals surface area contributed by atoms with Gasteiger partial charge < -0.3 is 5.32 Å². The van der Waals surface area contributed by atoms with Crippen molar-refractivity contribution in [2.24, 2.45) is 5.92 Å². The second-order valence-electron chi connectivity index (χ2n) is 6.18. The first kappa shape index (κ1) is 22.6. The van der Waals surface area contributed by atoms with Crippen molar-refractivity contribution < 1.29 is 18.4 Å². The van der Waals surface area contributed by atoms with Crippen LogP contribution in [0.3, 0.4) is 0 Å². The van der Waals surface area contributed by atoms with Crippen LogP contribution >= 0.6 is 23.4 Å². The summed E-state index contributed by atoms with van der Waals surface area (Å²) < 4.78 is 26.8. The van der Waals surface area contributed by atoms with Crippen molar-refractivity contribution in [3.8, 4) is 0 Å². The Balaban J connectivity index is 0.000000263. The normalized spacial score (nSPS) is 14.2. The molecule has 1 aromatic carbocycles. The molecule has 0 unspecified atom stereocenters. The van der Waals surface area contributed by atoms with Crippen molar-refractivity contribution >= 4 is 35.2 Å². The molecule has 0 heterocycles. The average molecular weight is 409 g/mol. The maximum Gasteiger partial charge on any atom is 0.234 e. The Morgan fingerprint density at radius 3 is 2.27 bits per heavy atom. The average Bonchev–Trinajstić information content (AvgIpc) is 2.64. The quantitative estimate of drug-likeness (QED) is 0.579. The van der Waals surface area contributed by atoms with Crippen LogP contribution in [0.2, 0.25) is 0 Å². The molecule has 1 N–H and O–H groups in total. The number of halogens is 4. The fourth-order valence-corrected chi connectivity index (χ4v) is 2.84. The molecule has 146 valence electrons. The third-order valence-electron chi connectivity index (χ3n) is 4.13. The maximum atomic E-state index is 13.0. The molecule has 0 aromatic heterocycles. The molecule has 8 heteroatoms. The van der Waals surface area contributed by atoms with Gasteiger partial charge in [-0.25, -0.2) is 8.78 Å². The first-order valence-electron chi connectivity index (χ1n) is 8.54. The van der Waals surface area contributed by atoms with Crippen LogP contribution in [0.15, 0.2) is 18.2 Å². The summed E-state index contributed by atoms with van der Waals surface area (Å²) in [6.45, 7) is 1.76. The Bertz CT molecular complexity index is 576. The molecule has 0 saturated heterocycles. The van der Waals surface area contributed by atoms with Crippen LogP contribution in [0.1, 0.15) is 44.6 Å². The second kappa shape index (κ2) is 12.1. The highest BCUT2D eigenvalue weighted by atomic mass is 35.5. The lowest BCUT2D eigenvalue weighted by atomic mass is 9.89. The number of nitrogens with zero attached hydrogens (tertiary/aromatic N) is 1. The number of nitrogens with one attached hydrogen (secondary N) is 1. The summed E-state index contributed by atoms with van der Waals surface area (Å²) in [5.74, 6) is -1.14. The zero-order chi connectivity index (χ0) is 19.5. The van der Waals surface area contributed by atoms with E-state index in [2.05, 4.69) is 5.32 Å². The summed E-state index contributed by atoms with van der Waals surface area (Å²) in [4.78, 5) is 21.5. The third kappa shape index (κ3) is 8.32. The number of hydrogen-bond acceptors (Lipinski definition) is 2. The summed E-state index contributed by atoms with van der Waals surface area (Å²) in [6, 6.07) is 3.48. The molecule has 1 aliphatic rings. The van der Waals surface area contributed by atoms with Gasteiger partial charge in [0.1, 0.15) is 17.5 Å². The molecule has 0 bridgehead atoms. The van der Waals surface area contributed by atoms with E-state index < -0.39 is 17.5 Å². The van der Waals surface area contributed by atoms with Gasteiger partial charge in [-0.3, -0.25) is 14.0 Å². The predicted octanol–water partition coefficient (Wildman–Crippen LogP) is 4.39. The number of benzene rings is 1. The second-order valence-corrected chi connectivity index (χ2v) is 6.86. The lowest BCUT2D eigenvalue weighted by molar-refractivity contribution is -0.124. The predicted molar refractivity (Wildman–Crippen MR) is 98.7 cm³/mol. The molecule has 4 nitrogen and oxygen atoms in total. The highest BCUT2D eigenvalue weighted by Gasteiger charge is 2.14. The van der Waals surface area contributed by atoms with E-state index in [1.54, 1.807) is 0 Å². The first-order valence-corrected chi connectivity index (χ1v) is 9.41. The highest BCUT2D eigenvalue weighted by molar-refractivity contribution is 6.27. The van der Waals surface area contributed by atoms with Gasteiger partial charge >= 0.3 is 0 Å². The molecule has 0 radical (unpaired) electrons. The molecule has 1 aromatic rings. The van der Waals surface area contributed by atoms with Crippen molar-refractivity contribution in [1.29, 1.82) is 0 Å². The number of carbonyl (C=O) groups excluding carboxylic acids is 2. The molecular weight excluding hydrogens is 385 g/mol. The van der Waals surface area contributed by atoms with Crippen molar-refractivity contribution in [3.05, 3.63) is 35.4 Å². The Kier molecular flexibility index (Phi) is 10.5. The highest BCUT2D eigenvalue weighted by Crippen LogP contribution is 2.22. The molecule has 1 fully saturated rings. The first-order chi connectivity index (χ1) is 12.3. The Morgan fingerprint density at radius 1 is 1.19 bits per heavy atom. The minimum absolute atomic E-state index is 0.0396. The summed E-state index contributed by atoms with van der Waals surface area (Å²) in [5, 5.41) is 2.83. The molecule has 1 aliphatic carbocycles. The molecule has 0 spiro atoms. The van der Waals surface area contributed by atoms with E-state index in [4.69, 9.17) is 23.4 Å². The Hall–Kier alpha value is -1.40. The number of hydrogen-bond donors (Lipinski definition) is 1. The van der Waals surface area contributed by atoms with E-state index in [-0.39, 0.29) is 23.9 Å². The summed E-state index contributed by atoms with van der Waals surface area (Å²) in [6.07, 6.45) is 6.54. The van der Waals surface area contributed by atoms with E-state index in [1.165, 1.54) is 45.1 Å². The Labute approximate surface area is 162 Å². The summed E-state index contributed by atoms with van der Waals surface area (Å²) in [5.41, 5.74) is -0.210. The van der Waals surface area contributed by atoms with E-state index >= 15 is 0 Å². The van der Waals surface area contributed by atoms with Crippen LogP contribution in [0.5, 0.6) is 0 Å². The summed E-state index contributed by atoms with van der Waals surface area (Å²) >= 11 is 10.8. The van der Waals surface area contributed by atoms with Gasteiger partial charge in [0.2, 0.25) is 11.8 Å². The minimum Gasteiger partial charge on any atom is -0.355 e.